The fourth-order valence-electron chi connectivity index (χ4n) is 20.8. The molecule has 20 rings (SSSR count). The Balaban J connectivity index is 0.000000129. The number of aryl methyl sites for hydroxylation is 4. The first-order chi connectivity index (χ1) is 68.6. The zero-order valence-electron chi connectivity index (χ0n) is 85.9. The van der Waals surface area contributed by atoms with Gasteiger partial charge in [0.15, 0.2) is 28.9 Å². The van der Waals surface area contributed by atoms with E-state index < -0.39 is 16.6 Å². The van der Waals surface area contributed by atoms with E-state index in [0.29, 0.717) is 106 Å². The molecule has 0 bridgehead atoms. The number of amidine groups is 5. The van der Waals surface area contributed by atoms with Gasteiger partial charge in [-0.3, -0.25) is 48.9 Å². The third-order valence-corrected chi connectivity index (χ3v) is 27.7. The number of Topliss-reactive ketones (excluding diaryl/α,β-unsaturated/α-hetero) is 5. The molecule has 10 aliphatic rings. The molecule has 0 spiro atoms. The zero-order chi connectivity index (χ0) is 102. The number of anilines is 10. The van der Waals surface area contributed by atoms with Gasteiger partial charge in [-0.05, 0) is 187 Å². The Labute approximate surface area is 838 Å². The Hall–Kier alpha value is -15.9. The first kappa shape index (κ1) is 100. The summed E-state index contributed by atoms with van der Waals surface area (Å²) in [5.74, 6) is 7.83. The third kappa shape index (κ3) is 18.8. The van der Waals surface area contributed by atoms with Gasteiger partial charge in [0.1, 0.15) is 86.3 Å². The highest BCUT2D eigenvalue weighted by Gasteiger charge is 2.55. The van der Waals surface area contributed by atoms with Crippen LogP contribution in [-0.2, 0) is 56.1 Å². The molecule has 736 valence electrons. The van der Waals surface area contributed by atoms with Gasteiger partial charge in [0.05, 0.1) is 100 Å². The van der Waals surface area contributed by atoms with Crippen LogP contribution >= 0.6 is 0 Å². The quantitative estimate of drug-likeness (QED) is 0.0500. The molecule has 10 heterocycles. The number of allylic oxidation sites excluding steroid dienone is 5. The van der Waals surface area contributed by atoms with Crippen molar-refractivity contribution in [1.82, 2.24) is 0 Å². The van der Waals surface area contributed by atoms with Gasteiger partial charge in [0.25, 0.3) is 0 Å². The lowest BCUT2D eigenvalue weighted by molar-refractivity contribution is -0.118. The van der Waals surface area contributed by atoms with Gasteiger partial charge in [0.2, 0.25) is 0 Å². The van der Waals surface area contributed by atoms with E-state index in [-0.39, 0.29) is 46.9 Å². The molecule has 5 saturated heterocycles. The lowest BCUT2D eigenvalue weighted by Gasteiger charge is -2.32. The van der Waals surface area contributed by atoms with Crippen LogP contribution in [0.2, 0.25) is 0 Å². The van der Waals surface area contributed by atoms with Gasteiger partial charge < -0.3 is 79.5 Å². The summed E-state index contributed by atoms with van der Waals surface area (Å²) in [5.41, 5.74) is 26.1. The molecule has 10 aromatic rings. The smallest absolute Gasteiger partial charge is 0.193 e. The highest BCUT2D eigenvalue weighted by atomic mass is 16.5. The first-order valence-electron chi connectivity index (χ1n) is 48.1. The van der Waals surface area contributed by atoms with Crippen molar-refractivity contribution in [3.8, 4) is 34.5 Å². The van der Waals surface area contributed by atoms with Crippen molar-refractivity contribution in [2.45, 2.75) is 151 Å². The molecule has 26 nitrogen and oxygen atoms in total. The van der Waals surface area contributed by atoms with Gasteiger partial charge >= 0.3 is 0 Å². The van der Waals surface area contributed by atoms with Crippen LogP contribution in [0.3, 0.4) is 0 Å². The molecule has 26 heteroatoms. The highest BCUT2D eigenvalue weighted by molar-refractivity contribution is 6.41. The lowest BCUT2D eigenvalue weighted by Crippen LogP contribution is -2.45. The number of ketones is 5. The first-order valence-corrected chi connectivity index (χ1v) is 48.1. The average molecular weight is 1920 g/mol. The second-order valence-electron chi connectivity index (χ2n) is 38.5. The SMILES string of the molecule is C=CCN=C1C(=C2Cc3ccccc3N2)C(=O)[C@H](C(C)C)N1c1cc(OC)cc(OC)c1.CN=C1C(=C2Cc3ccccc3N2)C(=O)C(C)(C)N1c1cc(C)cc(C)c1.CN=C1C(=C2Cc3ccccc3N2)C(=O)C(C)(C)N1c1ccc(C)cc1C.CN=C1C(=C2Cc3ccccc3N2)C(=O)C(C)(C)N1c1ccc(OC)cc1OC.CN=C1C(=C2Cc3ccccc3N2)C(=O)C(C)N1c1cc(OC)cc(OC)c1. The van der Waals surface area contributed by atoms with E-state index in [1.54, 1.807) is 76.9 Å². The number of hydrogen-bond acceptors (Lipinski definition) is 21. The number of rotatable bonds is 14. The van der Waals surface area contributed by atoms with Crippen LogP contribution in [0.1, 0.15) is 112 Å². The minimum atomic E-state index is -0.810. The van der Waals surface area contributed by atoms with Gasteiger partial charge in [-0.25, -0.2) is 0 Å². The predicted molar refractivity (Wildman–Crippen MR) is 578 cm³/mol. The third-order valence-electron chi connectivity index (χ3n) is 27.7. The van der Waals surface area contributed by atoms with Crippen molar-refractivity contribution < 1.29 is 52.4 Å². The summed E-state index contributed by atoms with van der Waals surface area (Å²) < 4.78 is 32.7. The maximum Gasteiger partial charge on any atom is 0.193 e. The van der Waals surface area contributed by atoms with Crippen LogP contribution in [-0.4, -0.2) is 164 Å². The number of carbonyl (C=O) groups excluding carboxylic acids is 5. The Kier molecular flexibility index (Phi) is 28.8. The number of carbonyl (C=O) groups is 5. The maximum atomic E-state index is 13.8. The van der Waals surface area contributed by atoms with Crippen molar-refractivity contribution in [3.05, 3.63) is 331 Å². The summed E-state index contributed by atoms with van der Waals surface area (Å²) in [6.07, 6.45) is 5.24. The Morgan fingerprint density at radius 2 is 0.706 bits per heavy atom. The van der Waals surface area contributed by atoms with E-state index in [1.807, 2.05) is 197 Å². The summed E-state index contributed by atoms with van der Waals surface area (Å²) >= 11 is 0. The van der Waals surface area contributed by atoms with E-state index >= 15 is 0 Å². The lowest BCUT2D eigenvalue weighted by atomic mass is 9.95. The standard InChI is InChI=1S/C26H29N3O3.C23H25N3O3.2C23H25N3O.C22H23N3O3/c1-6-11-27-26-23(22-12-17-9-7-8-10-21(17)28-22)25(30)24(16(2)3)29(26)18-13-19(31-4)15-20(14-18)32-5;1-23(2)21(27)20(17-12-14-8-6-7-9-16(14)25-17)22(24-3)26(23)18-11-10-15(28-4)13-19(18)29-5;1-14-10-15(2)12-17(11-14)26-22(24-5)20(21(27)23(26,3)4)19-13-16-8-6-7-9-18(16)25-19;1-14-10-11-19(15(2)12-14)26-22(24-5)20(21(27)23(26,3)4)18-13-16-8-6-7-9-17(16)25-18;1-13-21(26)20(19-9-14-7-5-6-8-18(14)24-19)22(23-2)25(13)15-10-16(27-3)12-17(11-15)28-4/h6-10,13-16,24,28H,1,11-12H2,2-5H3;6-11,13,25H,12H2,1-5H3;2*6-12,25H,13H2,1-5H3;5-8,10-13,24H,9H2,1-4H3/t24-;;;;/m0..../s1. The number of nitrogens with one attached hydrogen (secondary N) is 5. The Morgan fingerprint density at radius 3 is 1.06 bits per heavy atom. The second-order valence-corrected chi connectivity index (χ2v) is 38.5. The molecule has 2 atom stereocenters. The van der Waals surface area contributed by atoms with Crippen LogP contribution < -0.4 is 79.5 Å². The van der Waals surface area contributed by atoms with E-state index in [9.17, 15) is 24.0 Å². The molecular formula is C117H127N15O11. The summed E-state index contributed by atoms with van der Waals surface area (Å²) in [5, 5.41) is 17.2. The summed E-state index contributed by atoms with van der Waals surface area (Å²) in [6.45, 7) is 30.3. The molecule has 5 N–H and O–H groups in total. The Bertz CT molecular complexity index is 6960. The molecule has 0 amide bonds. The largest absolute Gasteiger partial charge is 0.497 e. The van der Waals surface area contributed by atoms with Crippen molar-refractivity contribution in [2.75, 3.05) is 128 Å². The van der Waals surface area contributed by atoms with E-state index in [4.69, 9.17) is 33.4 Å². The number of fused-ring (bicyclic) bond motifs is 5. The van der Waals surface area contributed by atoms with Crippen molar-refractivity contribution in [1.29, 1.82) is 0 Å². The van der Waals surface area contributed by atoms with Crippen LogP contribution in [0.5, 0.6) is 34.5 Å². The second kappa shape index (κ2) is 41.1. The number of ether oxygens (including phenoxy) is 6. The molecule has 143 heavy (non-hydrogen) atoms. The van der Waals surface area contributed by atoms with E-state index in [0.717, 1.165) is 115 Å². The van der Waals surface area contributed by atoms with Crippen molar-refractivity contribution in [3.63, 3.8) is 0 Å². The maximum absolute atomic E-state index is 13.8. The number of methoxy groups -OCH3 is 6. The van der Waals surface area contributed by atoms with Gasteiger partial charge in [-0.2, -0.15) is 0 Å². The molecule has 0 saturated carbocycles. The summed E-state index contributed by atoms with van der Waals surface area (Å²) in [4.78, 5) is 101. The number of para-hydroxylation sites is 5. The monoisotopic (exact) mass is 1920 g/mol. The number of aliphatic imine (C=N–C) groups is 5. The highest BCUT2D eigenvalue weighted by Crippen LogP contribution is 2.49. The molecule has 0 aliphatic carbocycles. The fourth-order valence-corrected chi connectivity index (χ4v) is 20.8. The topological polar surface area (TPSA) is 279 Å². The van der Waals surface area contributed by atoms with Gasteiger partial charge in [0, 0.05) is 171 Å². The van der Waals surface area contributed by atoms with Crippen molar-refractivity contribution in [2.24, 2.45) is 30.9 Å². The minimum absolute atomic E-state index is 0.0336. The average Bonchev–Trinajstić information content (AvgIpc) is 1.57. The molecule has 5 fully saturated rings. The molecular weight excluding hydrogens is 1790 g/mol. The minimum Gasteiger partial charge on any atom is -0.497 e. The van der Waals surface area contributed by atoms with Gasteiger partial charge in [-0.1, -0.05) is 135 Å². The van der Waals surface area contributed by atoms with E-state index in [1.165, 1.54) is 44.5 Å². The Morgan fingerprint density at radius 1 is 0.364 bits per heavy atom. The number of hydrogen-bond donors (Lipinski definition) is 5. The van der Waals surface area contributed by atoms with Gasteiger partial charge in [-0.15, -0.1) is 6.58 Å². The summed E-state index contributed by atoms with van der Waals surface area (Å²) in [7, 11) is 16.6. The zero-order valence-corrected chi connectivity index (χ0v) is 85.9. The van der Waals surface area contributed by atoms with Crippen LogP contribution in [0.4, 0.5) is 56.9 Å². The van der Waals surface area contributed by atoms with Crippen LogP contribution in [0.15, 0.2) is 306 Å². The molecule has 1 unspecified atom stereocenters. The van der Waals surface area contributed by atoms with Crippen LogP contribution in [0, 0.1) is 33.6 Å². The van der Waals surface area contributed by atoms with Crippen LogP contribution in [0.25, 0.3) is 0 Å². The molecule has 0 radical (unpaired) electrons. The molecule has 0 aromatic heterocycles. The molecule has 10 aliphatic heterocycles. The normalized spacial score (nSPS) is 21.9. The fraction of sp³-hybridized carbons (Fsp3) is 0.299. The summed E-state index contributed by atoms with van der Waals surface area (Å²) in [6, 6.07) is 69.5. The van der Waals surface area contributed by atoms with E-state index in [2.05, 4.69) is 183 Å². The predicted octanol–water partition coefficient (Wildman–Crippen LogP) is 20.7. The number of nitrogens with zero attached hydrogens (tertiary/aromatic N) is 10. The molecule has 10 aromatic carbocycles. The number of benzene rings is 10. The van der Waals surface area contributed by atoms with Crippen molar-refractivity contribution >= 4 is 115 Å².